The van der Waals surface area contributed by atoms with Gasteiger partial charge in [-0.1, -0.05) is 0 Å². The molecule has 1 aliphatic heterocycles. The molecule has 1 aromatic rings. The summed E-state index contributed by atoms with van der Waals surface area (Å²) < 4.78 is 10.7. The van der Waals surface area contributed by atoms with E-state index in [0.29, 0.717) is 13.2 Å². The third kappa shape index (κ3) is 1.27. The molecule has 1 aliphatic rings. The van der Waals surface area contributed by atoms with Gasteiger partial charge < -0.3 is 20.0 Å². The zero-order valence-electron chi connectivity index (χ0n) is 8.19. The highest BCUT2D eigenvalue weighted by Gasteiger charge is 2.48. The lowest BCUT2D eigenvalue weighted by Crippen LogP contribution is -2.60. The number of hydrogen-bond acceptors (Lipinski definition) is 4. The zero-order chi connectivity index (χ0) is 10.2. The van der Waals surface area contributed by atoms with Crippen molar-refractivity contribution in [1.29, 1.82) is 0 Å². The van der Waals surface area contributed by atoms with E-state index >= 15 is 0 Å². The van der Waals surface area contributed by atoms with Crippen molar-refractivity contribution >= 4 is 0 Å². The molecular formula is C10H15NO3. The lowest BCUT2D eigenvalue weighted by atomic mass is 9.77. The number of aryl methyl sites for hydroxylation is 1. The molecule has 0 amide bonds. The van der Waals surface area contributed by atoms with Crippen molar-refractivity contribution in [2.45, 2.75) is 18.4 Å². The molecule has 78 valence electrons. The van der Waals surface area contributed by atoms with E-state index < -0.39 is 0 Å². The average Bonchev–Trinajstić information content (AvgIpc) is 2.50. The Morgan fingerprint density at radius 1 is 1.57 bits per heavy atom. The lowest BCUT2D eigenvalue weighted by molar-refractivity contribution is -0.0896. The number of nitrogens with two attached hydrogens (primary N) is 1. The Bertz CT molecular complexity index is 317. The van der Waals surface area contributed by atoms with Crippen LogP contribution >= 0.6 is 0 Å². The normalized spacial score (nSPS) is 21.6. The van der Waals surface area contributed by atoms with Gasteiger partial charge in [-0.25, -0.2) is 0 Å². The Hall–Kier alpha value is -0.840. The fraction of sp³-hybridized carbons (Fsp3) is 0.600. The molecule has 1 fully saturated rings. The first kappa shape index (κ1) is 9.71. The van der Waals surface area contributed by atoms with Crippen molar-refractivity contribution in [1.82, 2.24) is 0 Å². The van der Waals surface area contributed by atoms with E-state index in [-0.39, 0.29) is 18.1 Å². The number of aliphatic hydroxyl groups excluding tert-OH is 1. The van der Waals surface area contributed by atoms with Gasteiger partial charge in [-0.2, -0.15) is 0 Å². The maximum atomic E-state index is 9.08. The third-order valence-electron chi connectivity index (χ3n) is 2.86. The van der Waals surface area contributed by atoms with Crippen LogP contribution in [0, 0.1) is 6.92 Å². The largest absolute Gasteiger partial charge is 0.466 e. The molecule has 4 heteroatoms. The first-order valence-electron chi connectivity index (χ1n) is 4.70. The van der Waals surface area contributed by atoms with Crippen molar-refractivity contribution in [2.24, 2.45) is 5.73 Å². The van der Waals surface area contributed by atoms with Gasteiger partial charge in [-0.3, -0.25) is 0 Å². The second-order valence-corrected chi connectivity index (χ2v) is 3.85. The van der Waals surface area contributed by atoms with Crippen LogP contribution < -0.4 is 5.73 Å². The number of hydrogen-bond donors (Lipinski definition) is 2. The van der Waals surface area contributed by atoms with Gasteiger partial charge in [0.05, 0.1) is 25.2 Å². The van der Waals surface area contributed by atoms with Crippen LogP contribution in [0.15, 0.2) is 16.5 Å². The fourth-order valence-corrected chi connectivity index (χ4v) is 1.74. The highest BCUT2D eigenvalue weighted by Crippen LogP contribution is 2.35. The van der Waals surface area contributed by atoms with E-state index in [2.05, 4.69) is 0 Å². The predicted molar refractivity (Wildman–Crippen MR) is 51.0 cm³/mol. The molecule has 3 N–H and O–H groups in total. The van der Waals surface area contributed by atoms with Crippen LogP contribution in [-0.2, 0) is 10.2 Å². The van der Waals surface area contributed by atoms with Crippen molar-refractivity contribution in [3.8, 4) is 0 Å². The summed E-state index contributed by atoms with van der Waals surface area (Å²) in [6.07, 6.45) is 0. The molecule has 0 spiro atoms. The molecule has 2 rings (SSSR count). The molecule has 0 saturated carbocycles. The number of rotatable bonds is 3. The van der Waals surface area contributed by atoms with E-state index in [9.17, 15) is 0 Å². The van der Waals surface area contributed by atoms with Gasteiger partial charge >= 0.3 is 0 Å². The molecule has 14 heavy (non-hydrogen) atoms. The first-order chi connectivity index (χ1) is 6.69. The Kier molecular flexibility index (Phi) is 2.34. The summed E-state index contributed by atoms with van der Waals surface area (Å²) in [6, 6.07) is 3.49. The summed E-state index contributed by atoms with van der Waals surface area (Å²) in [5.74, 6) is 1.68. The van der Waals surface area contributed by atoms with Gasteiger partial charge in [0.25, 0.3) is 0 Å². The maximum absolute atomic E-state index is 9.08. The fourth-order valence-electron chi connectivity index (χ4n) is 1.74. The van der Waals surface area contributed by atoms with Crippen LogP contribution in [0.4, 0.5) is 0 Å². The Balaban J connectivity index is 2.28. The minimum atomic E-state index is -0.318. The van der Waals surface area contributed by atoms with Crippen LogP contribution in [0.3, 0.4) is 0 Å². The highest BCUT2D eigenvalue weighted by molar-refractivity contribution is 5.23. The molecule has 0 radical (unpaired) electrons. The molecule has 0 aliphatic carbocycles. The zero-order valence-corrected chi connectivity index (χ0v) is 8.19. The van der Waals surface area contributed by atoms with Gasteiger partial charge in [0.1, 0.15) is 11.5 Å². The summed E-state index contributed by atoms with van der Waals surface area (Å²) in [6.45, 7) is 2.90. The molecule has 1 aromatic heterocycles. The second kappa shape index (κ2) is 3.38. The van der Waals surface area contributed by atoms with Gasteiger partial charge in [-0.05, 0) is 19.1 Å². The molecule has 1 atom stereocenters. The van der Waals surface area contributed by atoms with Crippen LogP contribution in [0.25, 0.3) is 0 Å². The van der Waals surface area contributed by atoms with Gasteiger partial charge in [0.15, 0.2) is 0 Å². The van der Waals surface area contributed by atoms with Crippen LogP contribution in [0.2, 0.25) is 0 Å². The lowest BCUT2D eigenvalue weighted by Gasteiger charge is -2.43. The minimum Gasteiger partial charge on any atom is -0.466 e. The van der Waals surface area contributed by atoms with E-state index in [4.69, 9.17) is 20.0 Å². The van der Waals surface area contributed by atoms with Crippen LogP contribution in [0.1, 0.15) is 11.5 Å². The Morgan fingerprint density at radius 2 is 2.29 bits per heavy atom. The summed E-state index contributed by atoms with van der Waals surface area (Å²) in [4.78, 5) is 0. The minimum absolute atomic E-state index is 0.0525. The second-order valence-electron chi connectivity index (χ2n) is 3.85. The standard InChI is InChI=1S/C10H15NO3/c1-7-2-3-9(14-7)10(5-13-6-10)8(11)4-12/h2-3,8,12H,4-6,11H2,1H3. The SMILES string of the molecule is Cc1ccc(C2(C(N)CO)COC2)o1. The number of furan rings is 1. The van der Waals surface area contributed by atoms with Crippen LogP contribution in [0.5, 0.6) is 0 Å². The Labute approximate surface area is 82.7 Å². The Morgan fingerprint density at radius 3 is 2.64 bits per heavy atom. The van der Waals surface area contributed by atoms with Gasteiger partial charge in [-0.15, -0.1) is 0 Å². The van der Waals surface area contributed by atoms with Gasteiger partial charge in [0.2, 0.25) is 0 Å². The summed E-state index contributed by atoms with van der Waals surface area (Å²) in [5, 5.41) is 9.08. The highest BCUT2D eigenvalue weighted by atomic mass is 16.5. The van der Waals surface area contributed by atoms with E-state index in [1.165, 1.54) is 0 Å². The molecular weight excluding hydrogens is 182 g/mol. The molecule has 1 unspecified atom stereocenters. The molecule has 2 heterocycles. The number of aliphatic hydroxyl groups is 1. The monoisotopic (exact) mass is 197 g/mol. The summed E-state index contributed by atoms with van der Waals surface area (Å²) in [7, 11) is 0. The molecule has 0 aromatic carbocycles. The van der Waals surface area contributed by atoms with Crippen molar-refractivity contribution in [3.63, 3.8) is 0 Å². The summed E-state index contributed by atoms with van der Waals surface area (Å²) in [5.41, 5.74) is 5.55. The van der Waals surface area contributed by atoms with E-state index in [0.717, 1.165) is 11.5 Å². The topological polar surface area (TPSA) is 68.6 Å². The van der Waals surface area contributed by atoms with Crippen molar-refractivity contribution in [2.75, 3.05) is 19.8 Å². The molecule has 1 saturated heterocycles. The predicted octanol–water partition coefficient (Wildman–Crippen LogP) is 0.176. The van der Waals surface area contributed by atoms with Gasteiger partial charge in [0, 0.05) is 6.04 Å². The van der Waals surface area contributed by atoms with E-state index in [1.54, 1.807) is 0 Å². The molecule has 0 bridgehead atoms. The third-order valence-corrected chi connectivity index (χ3v) is 2.86. The van der Waals surface area contributed by atoms with Crippen LogP contribution in [-0.4, -0.2) is 31.0 Å². The summed E-state index contributed by atoms with van der Waals surface area (Å²) >= 11 is 0. The van der Waals surface area contributed by atoms with Crippen molar-refractivity contribution in [3.05, 3.63) is 23.7 Å². The van der Waals surface area contributed by atoms with Crippen molar-refractivity contribution < 1.29 is 14.3 Å². The smallest absolute Gasteiger partial charge is 0.116 e. The first-order valence-corrected chi connectivity index (χ1v) is 4.70. The quantitative estimate of drug-likeness (QED) is 0.725. The molecule has 4 nitrogen and oxygen atoms in total. The number of ether oxygens (including phenoxy) is 1. The average molecular weight is 197 g/mol. The maximum Gasteiger partial charge on any atom is 0.116 e. The van der Waals surface area contributed by atoms with E-state index in [1.807, 2.05) is 19.1 Å².